The number of nitrogens with one attached hydrogen (secondary N) is 2. The van der Waals surface area contributed by atoms with Gasteiger partial charge in [-0.25, -0.2) is 4.79 Å². The Kier molecular flexibility index (Phi) is 3.78. The zero-order valence-corrected chi connectivity index (χ0v) is 12.8. The summed E-state index contributed by atoms with van der Waals surface area (Å²) in [7, 11) is 0. The van der Waals surface area contributed by atoms with Crippen molar-refractivity contribution in [2.45, 2.75) is 32.3 Å². The Morgan fingerprint density at radius 2 is 2.27 bits per heavy atom. The summed E-state index contributed by atoms with van der Waals surface area (Å²) in [6.45, 7) is 5.51. The van der Waals surface area contributed by atoms with Crippen molar-refractivity contribution >= 4 is 17.0 Å². The third-order valence-corrected chi connectivity index (χ3v) is 4.03. The molecule has 22 heavy (non-hydrogen) atoms. The van der Waals surface area contributed by atoms with Gasteiger partial charge in [0.15, 0.2) is 5.58 Å². The molecule has 0 aliphatic carbocycles. The maximum Gasteiger partial charge on any atom is 0.417 e. The number of hydrogen-bond donors (Lipinski definition) is 2. The minimum absolute atomic E-state index is 0.122. The lowest BCUT2D eigenvalue weighted by atomic mass is 9.88. The van der Waals surface area contributed by atoms with Gasteiger partial charge < -0.3 is 14.5 Å². The molecule has 6 heteroatoms. The van der Waals surface area contributed by atoms with Gasteiger partial charge >= 0.3 is 5.76 Å². The summed E-state index contributed by atoms with van der Waals surface area (Å²) < 4.78 is 10.6. The molecule has 2 N–H and O–H groups in total. The first-order chi connectivity index (χ1) is 10.4. The van der Waals surface area contributed by atoms with Crippen LogP contribution in [-0.2, 0) is 4.74 Å². The molecular weight excluding hydrogens is 284 g/mol. The number of amides is 1. The Bertz CT molecular complexity index is 744. The molecule has 0 saturated carbocycles. The first-order valence-corrected chi connectivity index (χ1v) is 7.48. The monoisotopic (exact) mass is 304 g/mol. The predicted octanol–water partition coefficient (Wildman–Crippen LogP) is 2.06. The molecule has 1 aliphatic heterocycles. The van der Waals surface area contributed by atoms with Crippen LogP contribution in [0.3, 0.4) is 0 Å². The third kappa shape index (κ3) is 3.22. The Balaban J connectivity index is 1.64. The zero-order valence-electron chi connectivity index (χ0n) is 12.8. The van der Waals surface area contributed by atoms with E-state index in [4.69, 9.17) is 9.15 Å². The summed E-state index contributed by atoms with van der Waals surface area (Å²) in [6.07, 6.45) is 1.89. The van der Waals surface area contributed by atoms with Crippen molar-refractivity contribution in [3.63, 3.8) is 0 Å². The van der Waals surface area contributed by atoms with Crippen LogP contribution in [0.15, 0.2) is 27.4 Å². The van der Waals surface area contributed by atoms with Gasteiger partial charge in [-0.15, -0.1) is 0 Å². The minimum Gasteiger partial charge on any atom is -0.408 e. The van der Waals surface area contributed by atoms with Gasteiger partial charge in [-0.2, -0.15) is 0 Å². The molecule has 118 valence electrons. The Morgan fingerprint density at radius 3 is 3.05 bits per heavy atom. The molecule has 1 fully saturated rings. The smallest absolute Gasteiger partial charge is 0.408 e. The number of aromatic nitrogens is 1. The van der Waals surface area contributed by atoms with E-state index >= 15 is 0 Å². The van der Waals surface area contributed by atoms with Crippen LogP contribution in [0.1, 0.15) is 37.0 Å². The molecule has 1 aromatic heterocycles. The lowest BCUT2D eigenvalue weighted by Crippen LogP contribution is -2.39. The second kappa shape index (κ2) is 5.61. The van der Waals surface area contributed by atoms with Gasteiger partial charge in [-0.3, -0.25) is 9.78 Å². The zero-order chi connectivity index (χ0) is 15.7. The Labute approximate surface area is 127 Å². The largest absolute Gasteiger partial charge is 0.417 e. The lowest BCUT2D eigenvalue weighted by Gasteiger charge is -2.35. The van der Waals surface area contributed by atoms with Crippen molar-refractivity contribution in [2.24, 2.45) is 5.92 Å². The van der Waals surface area contributed by atoms with Crippen LogP contribution >= 0.6 is 0 Å². The van der Waals surface area contributed by atoms with Crippen molar-refractivity contribution in [1.82, 2.24) is 10.3 Å². The SMILES string of the molecule is CC1(C)CC(CNC(=O)c2ccc3oc(=O)[nH]c3c2)CCO1. The molecule has 0 radical (unpaired) electrons. The number of carbonyl (C=O) groups excluding carboxylic acids is 1. The number of carbonyl (C=O) groups is 1. The van der Waals surface area contributed by atoms with E-state index in [1.807, 2.05) is 0 Å². The standard InChI is InChI=1S/C16H20N2O4/c1-16(2)8-10(5-6-21-16)9-17-14(19)11-3-4-13-12(7-11)18-15(20)22-13/h3-4,7,10H,5-6,8-9H2,1-2H3,(H,17,19)(H,18,20). The first-order valence-electron chi connectivity index (χ1n) is 7.48. The van der Waals surface area contributed by atoms with Crippen molar-refractivity contribution in [3.8, 4) is 0 Å². The van der Waals surface area contributed by atoms with Crippen LogP contribution in [0.25, 0.3) is 11.1 Å². The summed E-state index contributed by atoms with van der Waals surface area (Å²) in [5.74, 6) is -0.240. The number of oxazole rings is 1. The lowest BCUT2D eigenvalue weighted by molar-refractivity contribution is -0.0715. The summed E-state index contributed by atoms with van der Waals surface area (Å²) >= 11 is 0. The van der Waals surface area contributed by atoms with Crippen LogP contribution in [-0.4, -0.2) is 29.6 Å². The molecule has 1 unspecified atom stereocenters. The molecule has 6 nitrogen and oxygen atoms in total. The van der Waals surface area contributed by atoms with E-state index in [9.17, 15) is 9.59 Å². The van der Waals surface area contributed by atoms with Crippen molar-refractivity contribution in [2.75, 3.05) is 13.2 Å². The summed E-state index contributed by atoms with van der Waals surface area (Å²) in [4.78, 5) is 25.9. The molecule has 1 aromatic carbocycles. The van der Waals surface area contributed by atoms with Crippen molar-refractivity contribution in [3.05, 3.63) is 34.3 Å². The minimum atomic E-state index is -0.517. The third-order valence-electron chi connectivity index (χ3n) is 4.03. The van der Waals surface area contributed by atoms with E-state index < -0.39 is 5.76 Å². The Hall–Kier alpha value is -2.08. The predicted molar refractivity (Wildman–Crippen MR) is 81.9 cm³/mol. The van der Waals surface area contributed by atoms with E-state index in [-0.39, 0.29) is 11.5 Å². The highest BCUT2D eigenvalue weighted by Crippen LogP contribution is 2.28. The van der Waals surface area contributed by atoms with Crippen LogP contribution < -0.4 is 11.1 Å². The quantitative estimate of drug-likeness (QED) is 0.909. The summed E-state index contributed by atoms with van der Waals surface area (Å²) in [5, 5.41) is 2.96. The molecule has 0 bridgehead atoms. The van der Waals surface area contributed by atoms with Gasteiger partial charge in [-0.05, 0) is 50.8 Å². The molecule has 2 aromatic rings. The van der Waals surface area contributed by atoms with Gasteiger partial charge in [0.2, 0.25) is 0 Å². The molecule has 3 rings (SSSR count). The molecule has 1 atom stereocenters. The number of H-pyrrole nitrogens is 1. The van der Waals surface area contributed by atoms with Gasteiger partial charge in [-0.1, -0.05) is 0 Å². The molecule has 0 spiro atoms. The number of fused-ring (bicyclic) bond motifs is 1. The number of hydrogen-bond acceptors (Lipinski definition) is 4. The summed E-state index contributed by atoms with van der Waals surface area (Å²) in [5.41, 5.74) is 1.37. The van der Waals surface area contributed by atoms with Crippen LogP contribution in [0.4, 0.5) is 0 Å². The summed E-state index contributed by atoms with van der Waals surface area (Å²) in [6, 6.07) is 4.91. The van der Waals surface area contributed by atoms with Gasteiger partial charge in [0.1, 0.15) is 0 Å². The number of aromatic amines is 1. The van der Waals surface area contributed by atoms with Crippen molar-refractivity contribution < 1.29 is 13.9 Å². The second-order valence-corrected chi connectivity index (χ2v) is 6.40. The highest BCUT2D eigenvalue weighted by atomic mass is 16.5. The van der Waals surface area contributed by atoms with Gasteiger partial charge in [0.05, 0.1) is 11.1 Å². The number of benzene rings is 1. The molecule has 1 aliphatic rings. The van der Waals surface area contributed by atoms with Crippen LogP contribution in [0.2, 0.25) is 0 Å². The van der Waals surface area contributed by atoms with Crippen LogP contribution in [0.5, 0.6) is 0 Å². The van der Waals surface area contributed by atoms with E-state index in [2.05, 4.69) is 24.1 Å². The topological polar surface area (TPSA) is 84.3 Å². The molecule has 2 heterocycles. The van der Waals surface area contributed by atoms with Gasteiger partial charge in [0.25, 0.3) is 5.91 Å². The Morgan fingerprint density at radius 1 is 1.45 bits per heavy atom. The maximum absolute atomic E-state index is 12.2. The van der Waals surface area contributed by atoms with E-state index in [1.165, 1.54) is 0 Å². The number of ether oxygens (including phenoxy) is 1. The fourth-order valence-electron chi connectivity index (χ4n) is 2.96. The molecular formula is C16H20N2O4. The molecule has 1 amide bonds. The van der Waals surface area contributed by atoms with E-state index in [0.29, 0.717) is 29.1 Å². The second-order valence-electron chi connectivity index (χ2n) is 6.40. The highest BCUT2D eigenvalue weighted by molar-refractivity contribution is 5.97. The van der Waals surface area contributed by atoms with Gasteiger partial charge in [0, 0.05) is 18.7 Å². The highest BCUT2D eigenvalue weighted by Gasteiger charge is 2.28. The average Bonchev–Trinajstić information content (AvgIpc) is 2.82. The fraction of sp³-hybridized carbons (Fsp3) is 0.500. The van der Waals surface area contributed by atoms with E-state index in [0.717, 1.165) is 19.4 Å². The fourth-order valence-corrected chi connectivity index (χ4v) is 2.96. The molecule has 1 saturated heterocycles. The first kappa shape index (κ1) is 14.8. The van der Waals surface area contributed by atoms with Crippen molar-refractivity contribution in [1.29, 1.82) is 0 Å². The van der Waals surface area contributed by atoms with E-state index in [1.54, 1.807) is 18.2 Å². The van der Waals surface area contributed by atoms with Crippen LogP contribution in [0, 0.1) is 5.92 Å². The normalized spacial score (nSPS) is 20.9. The average molecular weight is 304 g/mol. The number of rotatable bonds is 3. The maximum atomic E-state index is 12.2.